The van der Waals surface area contributed by atoms with Crippen molar-refractivity contribution >= 4 is 29.1 Å². The molecular formula is C17H20F4N4O5. The van der Waals surface area contributed by atoms with Crippen molar-refractivity contribution in [1.29, 1.82) is 0 Å². The van der Waals surface area contributed by atoms with E-state index in [1.807, 2.05) is 0 Å². The second-order valence-electron chi connectivity index (χ2n) is 6.28. The Balaban J connectivity index is 2.27. The number of benzene rings is 1. The largest absolute Gasteiger partial charge is 0.433 e. The molecule has 2 rings (SSSR count). The number of amides is 3. The summed E-state index contributed by atoms with van der Waals surface area (Å²) in [7, 11) is 1.11. The molecule has 9 nitrogen and oxygen atoms in total. The van der Waals surface area contributed by atoms with Gasteiger partial charge in [-0.3, -0.25) is 19.3 Å². The topological polar surface area (TPSA) is 114 Å². The zero-order chi connectivity index (χ0) is 22.4. The van der Waals surface area contributed by atoms with E-state index < -0.39 is 49.1 Å². The zero-order valence-corrected chi connectivity index (χ0v) is 15.8. The third-order valence-electron chi connectivity index (χ3n) is 4.10. The van der Waals surface area contributed by atoms with E-state index in [2.05, 4.69) is 10.1 Å². The second kappa shape index (κ2) is 10.2. The molecule has 1 atom stereocenters. The lowest BCUT2D eigenvalue weighted by atomic mass is 10.2. The standard InChI is InChI=1S/C17H20F4N4O5/c1-24(7-12(18)19)14(15(22)27)16(28)23-9-2-3-10(11(6-9)30-17(20)21)25-4-5-29-8-13(25)26/h2-3,6,12,14,17H,4-5,7-8H2,1H3,(H2,22,27)(H,23,28)/t14-/m0/s1. The molecule has 1 aliphatic heterocycles. The van der Waals surface area contributed by atoms with E-state index in [9.17, 15) is 31.9 Å². The number of carbonyl (C=O) groups is 3. The third kappa shape index (κ3) is 6.03. The van der Waals surface area contributed by atoms with Gasteiger partial charge in [-0.25, -0.2) is 8.78 Å². The van der Waals surface area contributed by atoms with Crippen LogP contribution in [0, 0.1) is 0 Å². The molecule has 1 aliphatic rings. The predicted octanol–water partition coefficient (Wildman–Crippen LogP) is 0.640. The molecule has 0 radical (unpaired) electrons. The van der Waals surface area contributed by atoms with E-state index in [1.54, 1.807) is 0 Å². The lowest BCUT2D eigenvalue weighted by Crippen LogP contribution is -2.51. The van der Waals surface area contributed by atoms with Crippen LogP contribution < -0.4 is 20.7 Å². The van der Waals surface area contributed by atoms with E-state index in [0.29, 0.717) is 0 Å². The molecule has 1 aromatic carbocycles. The summed E-state index contributed by atoms with van der Waals surface area (Å²) in [5.41, 5.74) is 5.09. The van der Waals surface area contributed by atoms with Gasteiger partial charge in [-0.2, -0.15) is 8.78 Å². The fourth-order valence-electron chi connectivity index (χ4n) is 2.86. The van der Waals surface area contributed by atoms with Crippen LogP contribution in [0.1, 0.15) is 0 Å². The van der Waals surface area contributed by atoms with E-state index in [0.717, 1.165) is 18.0 Å². The molecule has 30 heavy (non-hydrogen) atoms. The monoisotopic (exact) mass is 436 g/mol. The first-order valence-corrected chi connectivity index (χ1v) is 8.65. The smallest absolute Gasteiger partial charge is 0.387 e. The summed E-state index contributed by atoms with van der Waals surface area (Å²) in [5.74, 6) is -3.09. The van der Waals surface area contributed by atoms with Gasteiger partial charge in [0.05, 0.1) is 18.8 Å². The molecule has 13 heteroatoms. The zero-order valence-electron chi connectivity index (χ0n) is 15.8. The minimum Gasteiger partial charge on any atom is -0.433 e. The lowest BCUT2D eigenvalue weighted by Gasteiger charge is -2.29. The fourth-order valence-corrected chi connectivity index (χ4v) is 2.86. The number of carbonyl (C=O) groups excluding carboxylic acids is 3. The highest BCUT2D eigenvalue weighted by molar-refractivity contribution is 6.09. The Morgan fingerprint density at radius 3 is 2.60 bits per heavy atom. The molecule has 0 saturated carbocycles. The summed E-state index contributed by atoms with van der Waals surface area (Å²) in [5, 5.41) is 2.25. The Bertz CT molecular complexity index is 795. The van der Waals surface area contributed by atoms with Crippen molar-refractivity contribution in [2.45, 2.75) is 19.1 Å². The number of hydrogen-bond acceptors (Lipinski definition) is 6. The molecule has 3 amide bonds. The van der Waals surface area contributed by atoms with Crippen LogP contribution in [0.3, 0.4) is 0 Å². The average Bonchev–Trinajstić information content (AvgIpc) is 2.61. The van der Waals surface area contributed by atoms with Gasteiger partial charge in [0.2, 0.25) is 5.91 Å². The van der Waals surface area contributed by atoms with Crippen molar-refractivity contribution in [3.63, 3.8) is 0 Å². The lowest BCUT2D eigenvalue weighted by molar-refractivity contribution is -0.132. The number of nitrogens with one attached hydrogen (secondary N) is 1. The first-order valence-electron chi connectivity index (χ1n) is 8.65. The molecule has 3 N–H and O–H groups in total. The summed E-state index contributed by atoms with van der Waals surface area (Å²) in [4.78, 5) is 37.9. The van der Waals surface area contributed by atoms with E-state index in [1.165, 1.54) is 17.0 Å². The number of likely N-dealkylation sites (N-methyl/N-ethyl adjacent to an activating group) is 1. The molecule has 0 unspecified atom stereocenters. The molecule has 0 bridgehead atoms. The SMILES string of the molecule is CN(CC(F)F)[C@@H](C(N)=O)C(=O)Nc1ccc(N2CCOCC2=O)c(OC(F)F)c1. The number of primary amides is 1. The first-order chi connectivity index (χ1) is 14.1. The summed E-state index contributed by atoms with van der Waals surface area (Å²) in [6, 6.07) is 1.84. The number of alkyl halides is 4. The van der Waals surface area contributed by atoms with Gasteiger partial charge in [0.15, 0.2) is 11.8 Å². The van der Waals surface area contributed by atoms with Gasteiger partial charge in [0.1, 0.15) is 6.61 Å². The molecule has 1 saturated heterocycles. The number of rotatable bonds is 9. The highest BCUT2D eigenvalue weighted by Gasteiger charge is 2.31. The van der Waals surface area contributed by atoms with E-state index in [4.69, 9.17) is 10.5 Å². The quantitative estimate of drug-likeness (QED) is 0.434. The Morgan fingerprint density at radius 1 is 1.33 bits per heavy atom. The van der Waals surface area contributed by atoms with E-state index >= 15 is 0 Å². The second-order valence-corrected chi connectivity index (χ2v) is 6.28. The minimum absolute atomic E-state index is 0.0304. The minimum atomic E-state index is -3.22. The van der Waals surface area contributed by atoms with Crippen molar-refractivity contribution in [1.82, 2.24) is 4.90 Å². The Hall–Kier alpha value is -2.93. The van der Waals surface area contributed by atoms with Gasteiger partial charge < -0.3 is 25.4 Å². The van der Waals surface area contributed by atoms with Crippen molar-refractivity contribution < 1.29 is 41.4 Å². The highest BCUT2D eigenvalue weighted by atomic mass is 19.3. The Kier molecular flexibility index (Phi) is 7.94. The van der Waals surface area contributed by atoms with Crippen LogP contribution in [0.5, 0.6) is 5.75 Å². The summed E-state index contributed by atoms with van der Waals surface area (Å²) < 4.78 is 60.3. The van der Waals surface area contributed by atoms with Crippen molar-refractivity contribution in [3.05, 3.63) is 18.2 Å². The first kappa shape index (κ1) is 23.3. The number of ether oxygens (including phenoxy) is 2. The van der Waals surface area contributed by atoms with Gasteiger partial charge in [-0.15, -0.1) is 0 Å². The van der Waals surface area contributed by atoms with Crippen LogP contribution in [-0.4, -0.2) is 75.1 Å². The van der Waals surface area contributed by atoms with Crippen LogP contribution >= 0.6 is 0 Å². The Morgan fingerprint density at radius 2 is 2.03 bits per heavy atom. The third-order valence-corrected chi connectivity index (χ3v) is 4.10. The van der Waals surface area contributed by atoms with Gasteiger partial charge in [-0.1, -0.05) is 0 Å². The van der Waals surface area contributed by atoms with Gasteiger partial charge in [0.25, 0.3) is 18.2 Å². The number of morpholine rings is 1. The summed E-state index contributed by atoms with van der Waals surface area (Å²) in [6.45, 7) is -4.05. The van der Waals surface area contributed by atoms with Crippen molar-refractivity contribution in [2.24, 2.45) is 5.73 Å². The molecule has 166 valence electrons. The van der Waals surface area contributed by atoms with Crippen molar-refractivity contribution in [2.75, 3.05) is 43.6 Å². The normalized spacial score (nSPS) is 15.6. The number of nitrogens with two attached hydrogens (primary N) is 1. The van der Waals surface area contributed by atoms with Crippen molar-refractivity contribution in [3.8, 4) is 5.75 Å². The molecule has 1 heterocycles. The van der Waals surface area contributed by atoms with Crippen LogP contribution in [0.4, 0.5) is 28.9 Å². The number of halogens is 4. The van der Waals surface area contributed by atoms with Gasteiger partial charge in [0, 0.05) is 18.3 Å². The highest BCUT2D eigenvalue weighted by Crippen LogP contribution is 2.33. The summed E-state index contributed by atoms with van der Waals surface area (Å²) >= 11 is 0. The Labute approximate surface area is 168 Å². The molecule has 0 spiro atoms. The van der Waals surface area contributed by atoms with Crippen LogP contribution in [-0.2, 0) is 19.1 Å². The maximum atomic E-state index is 12.8. The van der Waals surface area contributed by atoms with Crippen LogP contribution in [0.2, 0.25) is 0 Å². The number of hydrogen-bond donors (Lipinski definition) is 2. The van der Waals surface area contributed by atoms with Crippen LogP contribution in [0.15, 0.2) is 18.2 Å². The number of anilines is 2. The summed E-state index contributed by atoms with van der Waals surface area (Å²) in [6.07, 6.45) is -2.82. The maximum absolute atomic E-state index is 12.8. The van der Waals surface area contributed by atoms with Crippen LogP contribution in [0.25, 0.3) is 0 Å². The predicted molar refractivity (Wildman–Crippen MR) is 96.5 cm³/mol. The molecule has 1 fully saturated rings. The van der Waals surface area contributed by atoms with Gasteiger partial charge in [-0.05, 0) is 19.2 Å². The maximum Gasteiger partial charge on any atom is 0.387 e. The average molecular weight is 436 g/mol. The molecule has 0 aromatic heterocycles. The van der Waals surface area contributed by atoms with E-state index in [-0.39, 0.29) is 31.1 Å². The van der Waals surface area contributed by atoms with Gasteiger partial charge >= 0.3 is 6.61 Å². The molecule has 0 aliphatic carbocycles. The molecule has 1 aromatic rings. The molecular weight excluding hydrogens is 416 g/mol. The number of nitrogens with zero attached hydrogens (tertiary/aromatic N) is 2. The fraction of sp³-hybridized carbons (Fsp3) is 0.471.